The molecule has 2 aliphatic carbocycles. The molecule has 3 atom stereocenters. The molecule has 60 valence electrons. The molecule has 0 aromatic heterocycles. The first-order valence-electron chi connectivity index (χ1n) is 4.62. The van der Waals surface area contributed by atoms with Crippen molar-refractivity contribution in [2.45, 2.75) is 26.7 Å². The maximum atomic E-state index is 2.42. The van der Waals surface area contributed by atoms with Crippen molar-refractivity contribution in [3.8, 4) is 0 Å². The van der Waals surface area contributed by atoms with E-state index in [9.17, 15) is 0 Å². The van der Waals surface area contributed by atoms with E-state index in [1.54, 1.807) is 5.57 Å². The van der Waals surface area contributed by atoms with Crippen molar-refractivity contribution >= 4 is 0 Å². The zero-order chi connectivity index (χ0) is 7.84. The van der Waals surface area contributed by atoms with Gasteiger partial charge in [-0.05, 0) is 44.4 Å². The molecule has 0 amide bonds. The van der Waals surface area contributed by atoms with Crippen molar-refractivity contribution in [1.29, 1.82) is 0 Å². The van der Waals surface area contributed by atoms with E-state index in [0.29, 0.717) is 0 Å². The molecule has 1 fully saturated rings. The van der Waals surface area contributed by atoms with Crippen LogP contribution in [0.3, 0.4) is 0 Å². The number of fused-ring (bicyclic) bond motifs is 2. The smallest absolute Gasteiger partial charge is 0.0137 e. The predicted molar refractivity (Wildman–Crippen MR) is 48.3 cm³/mol. The third-order valence-corrected chi connectivity index (χ3v) is 3.32. The minimum atomic E-state index is 0.884. The highest BCUT2D eigenvalue weighted by Crippen LogP contribution is 2.46. The van der Waals surface area contributed by atoms with Gasteiger partial charge in [-0.25, -0.2) is 0 Å². The predicted octanol–water partition coefficient (Wildman–Crippen LogP) is 3.16. The van der Waals surface area contributed by atoms with Crippen LogP contribution in [-0.4, -0.2) is 0 Å². The zero-order valence-electron chi connectivity index (χ0n) is 7.38. The van der Waals surface area contributed by atoms with Gasteiger partial charge in [0.1, 0.15) is 0 Å². The molecule has 3 unspecified atom stereocenters. The molecule has 0 heteroatoms. The van der Waals surface area contributed by atoms with Crippen LogP contribution < -0.4 is 0 Å². The van der Waals surface area contributed by atoms with E-state index in [4.69, 9.17) is 0 Å². The molecule has 0 aromatic carbocycles. The topological polar surface area (TPSA) is 0 Å². The lowest BCUT2D eigenvalue weighted by atomic mass is 9.87. The Morgan fingerprint density at radius 3 is 2.64 bits per heavy atom. The molecular formula is C11H16. The summed E-state index contributed by atoms with van der Waals surface area (Å²) in [5.41, 5.74) is 1.60. The van der Waals surface area contributed by atoms with E-state index in [2.05, 4.69) is 32.1 Å². The Balaban J connectivity index is 2.14. The lowest BCUT2D eigenvalue weighted by Gasteiger charge is -2.18. The van der Waals surface area contributed by atoms with Crippen molar-refractivity contribution in [3.63, 3.8) is 0 Å². The van der Waals surface area contributed by atoms with Crippen LogP contribution in [0, 0.1) is 17.8 Å². The standard InChI is InChI=1S/C11H16/c1-3-8(2)11-7-9-4-5-10(11)6-9/h3-5,9-11H,6-7H2,1-2H3/b8-3-. The van der Waals surface area contributed by atoms with Crippen molar-refractivity contribution in [1.82, 2.24) is 0 Å². The maximum Gasteiger partial charge on any atom is -0.0137 e. The Morgan fingerprint density at radius 1 is 1.36 bits per heavy atom. The lowest BCUT2D eigenvalue weighted by Crippen LogP contribution is -2.07. The average Bonchev–Trinajstić information content (AvgIpc) is 2.62. The minimum absolute atomic E-state index is 0.884. The first kappa shape index (κ1) is 7.15. The second-order valence-corrected chi connectivity index (χ2v) is 3.92. The normalized spacial score (nSPS) is 42.0. The van der Waals surface area contributed by atoms with Gasteiger partial charge in [0.15, 0.2) is 0 Å². The Hall–Kier alpha value is -0.520. The highest BCUT2D eigenvalue weighted by atomic mass is 14.4. The summed E-state index contributed by atoms with van der Waals surface area (Å²) in [5, 5.41) is 0. The summed E-state index contributed by atoms with van der Waals surface area (Å²) >= 11 is 0. The average molecular weight is 148 g/mol. The van der Waals surface area contributed by atoms with Crippen molar-refractivity contribution in [2.24, 2.45) is 17.8 Å². The van der Waals surface area contributed by atoms with Gasteiger partial charge in [0.05, 0.1) is 0 Å². The molecular weight excluding hydrogens is 132 g/mol. The first-order chi connectivity index (χ1) is 5.31. The van der Waals surface area contributed by atoms with Crippen LogP contribution in [0.5, 0.6) is 0 Å². The first-order valence-corrected chi connectivity index (χ1v) is 4.62. The van der Waals surface area contributed by atoms with Gasteiger partial charge >= 0.3 is 0 Å². The van der Waals surface area contributed by atoms with Crippen LogP contribution in [0.15, 0.2) is 23.8 Å². The fourth-order valence-corrected chi connectivity index (χ4v) is 2.52. The molecule has 0 radical (unpaired) electrons. The summed E-state index contributed by atoms with van der Waals surface area (Å²) in [6.45, 7) is 4.43. The van der Waals surface area contributed by atoms with E-state index in [-0.39, 0.29) is 0 Å². The van der Waals surface area contributed by atoms with Gasteiger partial charge in [0.25, 0.3) is 0 Å². The third kappa shape index (κ3) is 1.05. The van der Waals surface area contributed by atoms with E-state index < -0.39 is 0 Å². The molecule has 2 bridgehead atoms. The fraction of sp³-hybridized carbons (Fsp3) is 0.636. The summed E-state index contributed by atoms with van der Waals surface area (Å²) in [5.74, 6) is 2.69. The van der Waals surface area contributed by atoms with Crippen molar-refractivity contribution in [3.05, 3.63) is 23.8 Å². The molecule has 11 heavy (non-hydrogen) atoms. The van der Waals surface area contributed by atoms with Gasteiger partial charge in [-0.3, -0.25) is 0 Å². The third-order valence-electron chi connectivity index (χ3n) is 3.32. The van der Waals surface area contributed by atoms with E-state index in [1.165, 1.54) is 12.8 Å². The zero-order valence-corrected chi connectivity index (χ0v) is 7.38. The molecule has 0 nitrogen and oxygen atoms in total. The largest absolute Gasteiger partial charge is 0.0884 e. The monoisotopic (exact) mass is 148 g/mol. The van der Waals surface area contributed by atoms with Gasteiger partial charge < -0.3 is 0 Å². The van der Waals surface area contributed by atoms with Crippen LogP contribution in [0.2, 0.25) is 0 Å². The summed E-state index contributed by atoms with van der Waals surface area (Å²) < 4.78 is 0. The molecule has 2 rings (SSSR count). The summed E-state index contributed by atoms with van der Waals surface area (Å²) in [4.78, 5) is 0. The lowest BCUT2D eigenvalue weighted by molar-refractivity contribution is 0.519. The number of allylic oxidation sites excluding steroid dienone is 4. The second-order valence-electron chi connectivity index (χ2n) is 3.92. The highest BCUT2D eigenvalue weighted by Gasteiger charge is 2.35. The second kappa shape index (κ2) is 2.51. The number of hydrogen-bond donors (Lipinski definition) is 0. The molecule has 0 saturated heterocycles. The molecule has 1 saturated carbocycles. The highest BCUT2D eigenvalue weighted by molar-refractivity contribution is 5.18. The minimum Gasteiger partial charge on any atom is -0.0884 e. The number of rotatable bonds is 1. The van der Waals surface area contributed by atoms with E-state index >= 15 is 0 Å². The van der Waals surface area contributed by atoms with Crippen LogP contribution in [0.25, 0.3) is 0 Å². The van der Waals surface area contributed by atoms with Crippen LogP contribution in [0.4, 0.5) is 0 Å². The van der Waals surface area contributed by atoms with Crippen molar-refractivity contribution < 1.29 is 0 Å². The van der Waals surface area contributed by atoms with Crippen molar-refractivity contribution in [2.75, 3.05) is 0 Å². The Morgan fingerprint density at radius 2 is 2.18 bits per heavy atom. The van der Waals surface area contributed by atoms with Crippen LogP contribution >= 0.6 is 0 Å². The molecule has 0 aliphatic heterocycles. The van der Waals surface area contributed by atoms with E-state index in [0.717, 1.165) is 17.8 Å². The maximum absolute atomic E-state index is 2.42. The van der Waals surface area contributed by atoms with Gasteiger partial charge in [0.2, 0.25) is 0 Å². The summed E-state index contributed by atoms with van der Waals surface area (Å²) in [7, 11) is 0. The summed E-state index contributed by atoms with van der Waals surface area (Å²) in [6, 6.07) is 0. The summed E-state index contributed by atoms with van der Waals surface area (Å²) in [6.07, 6.45) is 9.95. The Bertz CT molecular complexity index is 210. The Kier molecular flexibility index (Phi) is 1.63. The van der Waals surface area contributed by atoms with Gasteiger partial charge in [0, 0.05) is 0 Å². The van der Waals surface area contributed by atoms with Gasteiger partial charge in [-0.2, -0.15) is 0 Å². The number of hydrogen-bond acceptors (Lipinski definition) is 0. The molecule has 0 spiro atoms. The quantitative estimate of drug-likeness (QED) is 0.501. The Labute approximate surface area is 69.0 Å². The molecule has 0 aromatic rings. The van der Waals surface area contributed by atoms with E-state index in [1.807, 2.05) is 0 Å². The fourth-order valence-electron chi connectivity index (χ4n) is 2.52. The van der Waals surface area contributed by atoms with Gasteiger partial charge in [-0.15, -0.1) is 0 Å². The molecule has 0 N–H and O–H groups in total. The van der Waals surface area contributed by atoms with Gasteiger partial charge in [-0.1, -0.05) is 23.8 Å². The SMILES string of the molecule is C/C=C(/C)C1CC2C=CC1C2. The molecule has 2 aliphatic rings. The molecule has 0 heterocycles. The van der Waals surface area contributed by atoms with Crippen LogP contribution in [-0.2, 0) is 0 Å². The van der Waals surface area contributed by atoms with Crippen LogP contribution in [0.1, 0.15) is 26.7 Å².